The van der Waals surface area contributed by atoms with Gasteiger partial charge in [0.25, 0.3) is 0 Å². The van der Waals surface area contributed by atoms with E-state index in [1.165, 1.54) is 6.20 Å². The summed E-state index contributed by atoms with van der Waals surface area (Å²) < 4.78 is 10.4. The van der Waals surface area contributed by atoms with E-state index in [1.54, 1.807) is 13.8 Å². The van der Waals surface area contributed by atoms with E-state index >= 15 is 0 Å². The van der Waals surface area contributed by atoms with Crippen LogP contribution in [0, 0.1) is 0 Å². The maximum atomic E-state index is 11.5. The SMILES string of the molecule is CC(C)OC(=O)c1cnc(-c2ccccc2)o1. The van der Waals surface area contributed by atoms with Crippen molar-refractivity contribution in [1.29, 1.82) is 0 Å². The largest absolute Gasteiger partial charge is 0.457 e. The van der Waals surface area contributed by atoms with Crippen LogP contribution in [-0.2, 0) is 4.74 Å². The molecule has 0 spiro atoms. The molecule has 0 aliphatic rings. The Labute approximate surface area is 99.2 Å². The third kappa shape index (κ3) is 2.72. The summed E-state index contributed by atoms with van der Waals surface area (Å²) in [5.41, 5.74) is 0.830. The molecule has 0 N–H and O–H groups in total. The fourth-order valence-electron chi connectivity index (χ4n) is 1.35. The molecule has 1 aromatic heterocycles. The van der Waals surface area contributed by atoms with Crippen molar-refractivity contribution in [1.82, 2.24) is 4.98 Å². The number of carbonyl (C=O) groups is 1. The molecule has 0 fully saturated rings. The molecule has 2 rings (SSSR count). The molecule has 0 atom stereocenters. The quantitative estimate of drug-likeness (QED) is 0.762. The van der Waals surface area contributed by atoms with Crippen LogP contribution in [0.15, 0.2) is 40.9 Å². The van der Waals surface area contributed by atoms with Crippen molar-refractivity contribution >= 4 is 5.97 Å². The molecule has 0 amide bonds. The maximum Gasteiger partial charge on any atom is 0.376 e. The van der Waals surface area contributed by atoms with E-state index in [0.29, 0.717) is 5.89 Å². The third-order valence-corrected chi connectivity index (χ3v) is 2.07. The highest BCUT2D eigenvalue weighted by Crippen LogP contribution is 2.19. The van der Waals surface area contributed by atoms with Crippen molar-refractivity contribution in [3.05, 3.63) is 42.3 Å². The lowest BCUT2D eigenvalue weighted by atomic mass is 10.2. The molecule has 0 unspecified atom stereocenters. The number of esters is 1. The van der Waals surface area contributed by atoms with Crippen molar-refractivity contribution in [2.24, 2.45) is 0 Å². The monoisotopic (exact) mass is 231 g/mol. The van der Waals surface area contributed by atoms with Gasteiger partial charge in [0.1, 0.15) is 0 Å². The Morgan fingerprint density at radius 1 is 1.29 bits per heavy atom. The molecule has 0 radical (unpaired) electrons. The van der Waals surface area contributed by atoms with Crippen molar-refractivity contribution in [3.8, 4) is 11.5 Å². The number of aromatic nitrogens is 1. The van der Waals surface area contributed by atoms with Crippen LogP contribution in [0.5, 0.6) is 0 Å². The summed E-state index contributed by atoms with van der Waals surface area (Å²) in [6, 6.07) is 9.39. The summed E-state index contributed by atoms with van der Waals surface area (Å²) >= 11 is 0. The molecule has 0 saturated carbocycles. The molecule has 4 nitrogen and oxygen atoms in total. The van der Waals surface area contributed by atoms with Crippen LogP contribution >= 0.6 is 0 Å². The molecular weight excluding hydrogens is 218 g/mol. The van der Waals surface area contributed by atoms with Crippen molar-refractivity contribution in [3.63, 3.8) is 0 Å². The normalized spacial score (nSPS) is 10.5. The van der Waals surface area contributed by atoms with Gasteiger partial charge >= 0.3 is 5.97 Å². The zero-order chi connectivity index (χ0) is 12.3. The number of benzene rings is 1. The highest BCUT2D eigenvalue weighted by Gasteiger charge is 2.15. The number of ether oxygens (including phenoxy) is 1. The third-order valence-electron chi connectivity index (χ3n) is 2.07. The van der Waals surface area contributed by atoms with Gasteiger partial charge in [0.15, 0.2) is 0 Å². The van der Waals surface area contributed by atoms with Crippen LogP contribution in [0.4, 0.5) is 0 Å². The smallest absolute Gasteiger partial charge is 0.376 e. The summed E-state index contributed by atoms with van der Waals surface area (Å²) in [5.74, 6) is 0.0496. The second-order valence-electron chi connectivity index (χ2n) is 3.85. The Balaban J connectivity index is 2.19. The van der Waals surface area contributed by atoms with Gasteiger partial charge in [0, 0.05) is 5.56 Å². The minimum Gasteiger partial charge on any atom is -0.457 e. The van der Waals surface area contributed by atoms with Crippen LogP contribution < -0.4 is 0 Å². The maximum absolute atomic E-state index is 11.5. The van der Waals surface area contributed by atoms with E-state index in [9.17, 15) is 4.79 Å². The Bertz CT molecular complexity index is 502. The first-order chi connectivity index (χ1) is 8.16. The van der Waals surface area contributed by atoms with E-state index < -0.39 is 5.97 Å². The van der Waals surface area contributed by atoms with E-state index in [0.717, 1.165) is 5.56 Å². The van der Waals surface area contributed by atoms with Gasteiger partial charge in [0.05, 0.1) is 12.3 Å². The first kappa shape index (κ1) is 11.4. The van der Waals surface area contributed by atoms with E-state index in [2.05, 4.69) is 4.98 Å². The summed E-state index contributed by atoms with van der Waals surface area (Å²) in [4.78, 5) is 15.6. The van der Waals surface area contributed by atoms with Crippen LogP contribution in [0.25, 0.3) is 11.5 Å². The predicted octanol–water partition coefficient (Wildman–Crippen LogP) is 2.91. The topological polar surface area (TPSA) is 52.3 Å². The van der Waals surface area contributed by atoms with E-state index in [-0.39, 0.29) is 11.9 Å². The van der Waals surface area contributed by atoms with Crippen LogP contribution in [0.1, 0.15) is 24.4 Å². The fraction of sp³-hybridized carbons (Fsp3) is 0.231. The van der Waals surface area contributed by atoms with Gasteiger partial charge in [-0.3, -0.25) is 0 Å². The van der Waals surface area contributed by atoms with Gasteiger partial charge in [-0.25, -0.2) is 9.78 Å². The highest BCUT2D eigenvalue weighted by molar-refractivity contribution is 5.86. The van der Waals surface area contributed by atoms with Gasteiger partial charge in [-0.1, -0.05) is 18.2 Å². The molecule has 0 aliphatic carbocycles. The Morgan fingerprint density at radius 2 is 2.00 bits per heavy atom. The van der Waals surface area contributed by atoms with E-state index in [1.807, 2.05) is 30.3 Å². The second-order valence-corrected chi connectivity index (χ2v) is 3.85. The lowest BCUT2D eigenvalue weighted by Gasteiger charge is -2.04. The number of hydrogen-bond acceptors (Lipinski definition) is 4. The standard InChI is InChI=1S/C13H13NO3/c1-9(2)16-13(15)11-8-14-12(17-11)10-6-4-3-5-7-10/h3-9H,1-2H3. The molecule has 2 aromatic rings. The summed E-state index contributed by atoms with van der Waals surface area (Å²) in [6.07, 6.45) is 1.21. The number of carbonyl (C=O) groups excluding carboxylic acids is 1. The molecule has 0 saturated heterocycles. The van der Waals surface area contributed by atoms with Gasteiger partial charge in [-0.05, 0) is 26.0 Å². The first-order valence-corrected chi connectivity index (χ1v) is 5.39. The minimum atomic E-state index is -0.491. The molecule has 4 heteroatoms. The fourth-order valence-corrected chi connectivity index (χ4v) is 1.35. The number of hydrogen-bond donors (Lipinski definition) is 0. The molecular formula is C13H13NO3. The molecule has 0 aliphatic heterocycles. The first-order valence-electron chi connectivity index (χ1n) is 5.39. The van der Waals surface area contributed by atoms with Gasteiger partial charge < -0.3 is 9.15 Å². The second kappa shape index (κ2) is 4.82. The Kier molecular flexibility index (Phi) is 3.23. The lowest BCUT2D eigenvalue weighted by molar-refractivity contribution is 0.0342. The predicted molar refractivity (Wildman–Crippen MR) is 62.5 cm³/mol. The molecule has 1 heterocycles. The summed E-state index contributed by atoms with van der Waals surface area (Å²) in [7, 11) is 0. The van der Waals surface area contributed by atoms with Crippen molar-refractivity contribution in [2.45, 2.75) is 20.0 Å². The minimum absolute atomic E-state index is 0.123. The Morgan fingerprint density at radius 3 is 2.65 bits per heavy atom. The zero-order valence-corrected chi connectivity index (χ0v) is 9.71. The number of oxazole rings is 1. The highest BCUT2D eigenvalue weighted by atomic mass is 16.6. The van der Waals surface area contributed by atoms with E-state index in [4.69, 9.17) is 9.15 Å². The molecule has 17 heavy (non-hydrogen) atoms. The summed E-state index contributed by atoms with van der Waals surface area (Å²) in [5, 5.41) is 0. The number of nitrogens with zero attached hydrogens (tertiary/aromatic N) is 1. The lowest BCUT2D eigenvalue weighted by Crippen LogP contribution is -2.10. The Hall–Kier alpha value is -2.10. The molecule has 1 aromatic carbocycles. The van der Waals surface area contributed by atoms with Gasteiger partial charge in [-0.15, -0.1) is 0 Å². The molecule has 88 valence electrons. The van der Waals surface area contributed by atoms with Gasteiger partial charge in [-0.2, -0.15) is 0 Å². The number of rotatable bonds is 3. The zero-order valence-electron chi connectivity index (χ0n) is 9.71. The van der Waals surface area contributed by atoms with Crippen LogP contribution in [-0.4, -0.2) is 17.1 Å². The average Bonchev–Trinajstić information content (AvgIpc) is 2.78. The van der Waals surface area contributed by atoms with Gasteiger partial charge in [0.2, 0.25) is 11.7 Å². The van der Waals surface area contributed by atoms with Crippen molar-refractivity contribution in [2.75, 3.05) is 0 Å². The molecule has 0 bridgehead atoms. The van der Waals surface area contributed by atoms with Crippen molar-refractivity contribution < 1.29 is 13.9 Å². The summed E-state index contributed by atoms with van der Waals surface area (Å²) in [6.45, 7) is 3.57. The van der Waals surface area contributed by atoms with Crippen LogP contribution in [0.3, 0.4) is 0 Å². The van der Waals surface area contributed by atoms with Crippen LogP contribution in [0.2, 0.25) is 0 Å². The average molecular weight is 231 g/mol.